The second-order valence-electron chi connectivity index (χ2n) is 4.30. The number of aryl methyl sites for hydroxylation is 1. The third kappa shape index (κ3) is 4.31. The van der Waals surface area contributed by atoms with E-state index in [0.717, 1.165) is 18.5 Å². The van der Waals surface area contributed by atoms with Crippen LogP contribution in [0.25, 0.3) is 0 Å². The van der Waals surface area contributed by atoms with Crippen molar-refractivity contribution in [2.24, 2.45) is 0 Å². The van der Waals surface area contributed by atoms with Crippen LogP contribution >= 0.6 is 11.8 Å². The van der Waals surface area contributed by atoms with Gasteiger partial charge >= 0.3 is 5.97 Å². The molecule has 0 saturated heterocycles. The number of hydrogen-bond donors (Lipinski definition) is 2. The van der Waals surface area contributed by atoms with E-state index in [4.69, 9.17) is 5.11 Å². The first kappa shape index (κ1) is 15.0. The van der Waals surface area contributed by atoms with Gasteiger partial charge in [0.1, 0.15) is 0 Å². The van der Waals surface area contributed by atoms with Crippen LogP contribution < -0.4 is 0 Å². The normalized spacial score (nSPS) is 14.2. The van der Waals surface area contributed by atoms with Crippen LogP contribution in [0, 0.1) is 0 Å². The molecule has 1 rings (SSSR count). The van der Waals surface area contributed by atoms with E-state index < -0.39 is 12.1 Å². The van der Waals surface area contributed by atoms with Gasteiger partial charge < -0.3 is 10.2 Å². The molecule has 2 unspecified atom stereocenters. The first-order chi connectivity index (χ1) is 8.43. The molecule has 0 aliphatic heterocycles. The molecule has 1 heterocycles. The number of aromatic carboxylic acids is 1. The molecule has 18 heavy (non-hydrogen) atoms. The van der Waals surface area contributed by atoms with Crippen LogP contribution in [0.1, 0.15) is 43.2 Å². The van der Waals surface area contributed by atoms with Crippen LogP contribution in [0.3, 0.4) is 0 Å². The van der Waals surface area contributed by atoms with Crippen LogP contribution in [0.2, 0.25) is 0 Å². The van der Waals surface area contributed by atoms with Gasteiger partial charge in [-0.25, -0.2) is 9.78 Å². The fraction of sp³-hybridized carbons (Fsp3) is 0.538. The lowest BCUT2D eigenvalue weighted by atomic mass is 10.2. The van der Waals surface area contributed by atoms with Crippen LogP contribution in [0.15, 0.2) is 17.2 Å². The predicted octanol–water partition coefficient (Wildman–Crippen LogP) is 2.59. The molecule has 0 saturated carbocycles. The average molecular weight is 269 g/mol. The Hall–Kier alpha value is -1.07. The number of hydrogen-bond acceptors (Lipinski definition) is 4. The molecule has 0 amide bonds. The van der Waals surface area contributed by atoms with Gasteiger partial charge in [-0.2, -0.15) is 0 Å². The van der Waals surface area contributed by atoms with Crippen LogP contribution in [0.5, 0.6) is 0 Å². The summed E-state index contributed by atoms with van der Waals surface area (Å²) in [6.07, 6.45) is 1.23. The number of pyridine rings is 1. The highest BCUT2D eigenvalue weighted by Gasteiger charge is 2.14. The Balaban J connectivity index is 2.99. The van der Waals surface area contributed by atoms with E-state index in [1.807, 2.05) is 13.8 Å². The van der Waals surface area contributed by atoms with Crippen molar-refractivity contribution in [1.82, 2.24) is 4.98 Å². The van der Waals surface area contributed by atoms with Crippen molar-refractivity contribution in [2.45, 2.75) is 50.0 Å². The summed E-state index contributed by atoms with van der Waals surface area (Å²) in [4.78, 5) is 15.5. The lowest BCUT2D eigenvalue weighted by molar-refractivity contribution is 0.0696. The Morgan fingerprint density at radius 2 is 2.11 bits per heavy atom. The Morgan fingerprint density at radius 1 is 1.44 bits per heavy atom. The van der Waals surface area contributed by atoms with Crippen molar-refractivity contribution in [2.75, 3.05) is 0 Å². The largest absolute Gasteiger partial charge is 0.478 e. The Kier molecular flexibility index (Phi) is 5.62. The van der Waals surface area contributed by atoms with E-state index in [0.29, 0.717) is 5.03 Å². The molecule has 2 N–H and O–H groups in total. The number of carboxylic acid groups (broad SMARTS) is 1. The molecule has 0 aliphatic carbocycles. The molecule has 0 aliphatic rings. The standard InChI is InChI=1S/C13H19NO3S/c1-4-5-11-6-10(13(16)17)7-12(14-11)18-9(3)8(2)15/h6-9,15H,4-5H2,1-3H3,(H,16,17). The molecule has 1 aromatic heterocycles. The zero-order valence-corrected chi connectivity index (χ0v) is 11.7. The van der Waals surface area contributed by atoms with E-state index in [1.165, 1.54) is 11.8 Å². The van der Waals surface area contributed by atoms with Gasteiger partial charge in [0.25, 0.3) is 0 Å². The molecular weight excluding hydrogens is 250 g/mol. The Labute approximate surface area is 111 Å². The van der Waals surface area contributed by atoms with Crippen LogP contribution in [-0.2, 0) is 6.42 Å². The first-order valence-corrected chi connectivity index (χ1v) is 6.91. The van der Waals surface area contributed by atoms with Crippen molar-refractivity contribution >= 4 is 17.7 Å². The molecule has 0 bridgehead atoms. The van der Waals surface area contributed by atoms with Crippen molar-refractivity contribution in [3.63, 3.8) is 0 Å². The number of aromatic nitrogens is 1. The third-order valence-electron chi connectivity index (χ3n) is 2.59. The lowest BCUT2D eigenvalue weighted by Gasteiger charge is -2.14. The summed E-state index contributed by atoms with van der Waals surface area (Å²) < 4.78 is 0. The van der Waals surface area contributed by atoms with Gasteiger partial charge in [0.15, 0.2) is 0 Å². The maximum atomic E-state index is 11.0. The van der Waals surface area contributed by atoms with E-state index in [1.54, 1.807) is 19.1 Å². The Bertz CT molecular complexity index is 421. The minimum Gasteiger partial charge on any atom is -0.478 e. The SMILES string of the molecule is CCCc1cc(C(=O)O)cc(SC(C)C(C)O)n1. The summed E-state index contributed by atoms with van der Waals surface area (Å²) in [5, 5.41) is 19.2. The average Bonchev–Trinajstić information content (AvgIpc) is 2.28. The monoisotopic (exact) mass is 269 g/mol. The van der Waals surface area contributed by atoms with Gasteiger partial charge in [-0.15, -0.1) is 11.8 Å². The highest BCUT2D eigenvalue weighted by atomic mass is 32.2. The van der Waals surface area contributed by atoms with Crippen molar-refractivity contribution in [3.8, 4) is 0 Å². The fourth-order valence-electron chi connectivity index (χ4n) is 1.42. The lowest BCUT2D eigenvalue weighted by Crippen LogP contribution is -2.15. The van der Waals surface area contributed by atoms with E-state index in [-0.39, 0.29) is 10.8 Å². The number of thioether (sulfide) groups is 1. The summed E-state index contributed by atoms with van der Waals surface area (Å²) in [5.74, 6) is -0.943. The number of rotatable bonds is 6. The molecule has 2 atom stereocenters. The van der Waals surface area contributed by atoms with Crippen molar-refractivity contribution in [1.29, 1.82) is 0 Å². The maximum Gasteiger partial charge on any atom is 0.335 e. The topological polar surface area (TPSA) is 70.4 Å². The minimum absolute atomic E-state index is 0.0176. The number of carbonyl (C=O) groups is 1. The second kappa shape index (κ2) is 6.75. The van der Waals surface area contributed by atoms with E-state index >= 15 is 0 Å². The first-order valence-electron chi connectivity index (χ1n) is 6.03. The number of aliphatic hydroxyl groups excluding tert-OH is 1. The number of carboxylic acids is 1. The maximum absolute atomic E-state index is 11.0. The molecule has 0 radical (unpaired) electrons. The van der Waals surface area contributed by atoms with Crippen LogP contribution in [-0.4, -0.2) is 32.5 Å². The molecule has 0 aromatic carbocycles. The molecule has 0 spiro atoms. The van der Waals surface area contributed by atoms with Gasteiger partial charge in [0, 0.05) is 10.9 Å². The minimum atomic E-state index is -0.943. The Morgan fingerprint density at radius 3 is 2.61 bits per heavy atom. The second-order valence-corrected chi connectivity index (χ2v) is 5.70. The van der Waals surface area contributed by atoms with E-state index in [2.05, 4.69) is 4.98 Å². The zero-order chi connectivity index (χ0) is 13.7. The number of aliphatic hydroxyl groups is 1. The summed E-state index contributed by atoms with van der Waals surface area (Å²) in [6, 6.07) is 3.17. The van der Waals surface area contributed by atoms with Gasteiger partial charge in [0.05, 0.1) is 16.7 Å². The van der Waals surface area contributed by atoms with Gasteiger partial charge in [-0.3, -0.25) is 0 Å². The fourth-order valence-corrected chi connectivity index (χ4v) is 2.36. The summed E-state index contributed by atoms with van der Waals surface area (Å²) >= 11 is 1.40. The molecule has 5 heteroatoms. The predicted molar refractivity (Wildman–Crippen MR) is 72.2 cm³/mol. The van der Waals surface area contributed by atoms with Crippen molar-refractivity contribution < 1.29 is 15.0 Å². The smallest absolute Gasteiger partial charge is 0.335 e. The molecular formula is C13H19NO3S. The van der Waals surface area contributed by atoms with Crippen LogP contribution in [0.4, 0.5) is 0 Å². The summed E-state index contributed by atoms with van der Waals surface area (Å²) in [6.45, 7) is 5.63. The van der Waals surface area contributed by atoms with Gasteiger partial charge in [-0.1, -0.05) is 20.3 Å². The van der Waals surface area contributed by atoms with Gasteiger partial charge in [-0.05, 0) is 25.5 Å². The molecule has 1 aromatic rings. The summed E-state index contributed by atoms with van der Waals surface area (Å²) in [7, 11) is 0. The highest BCUT2D eigenvalue weighted by Crippen LogP contribution is 2.25. The van der Waals surface area contributed by atoms with E-state index in [9.17, 15) is 9.90 Å². The third-order valence-corrected chi connectivity index (χ3v) is 3.81. The molecule has 4 nitrogen and oxygen atoms in total. The highest BCUT2D eigenvalue weighted by molar-refractivity contribution is 7.99. The molecule has 100 valence electrons. The van der Waals surface area contributed by atoms with Crippen molar-refractivity contribution in [3.05, 3.63) is 23.4 Å². The zero-order valence-electron chi connectivity index (χ0n) is 10.9. The molecule has 0 fully saturated rings. The number of nitrogens with zero attached hydrogens (tertiary/aromatic N) is 1. The quantitative estimate of drug-likeness (QED) is 0.777. The summed E-state index contributed by atoms with van der Waals surface area (Å²) in [5.41, 5.74) is 1.05. The van der Waals surface area contributed by atoms with Gasteiger partial charge in [0.2, 0.25) is 0 Å².